The molecular formula is C12H18N4O4. The lowest BCUT2D eigenvalue weighted by molar-refractivity contribution is -0.126. The molecule has 0 aliphatic carbocycles. The Hall–Kier alpha value is -1.93. The van der Waals surface area contributed by atoms with Gasteiger partial charge in [0, 0.05) is 6.54 Å². The van der Waals surface area contributed by atoms with Crippen molar-refractivity contribution in [1.29, 1.82) is 0 Å². The van der Waals surface area contributed by atoms with E-state index in [-0.39, 0.29) is 18.0 Å². The maximum Gasteiger partial charge on any atom is 0.255 e. The van der Waals surface area contributed by atoms with Gasteiger partial charge in [-0.05, 0) is 12.8 Å². The Morgan fingerprint density at radius 1 is 1.40 bits per heavy atom. The number of nitrogens with zero attached hydrogens (tertiary/aromatic N) is 2. The molecule has 20 heavy (non-hydrogen) atoms. The molecular weight excluding hydrogens is 264 g/mol. The van der Waals surface area contributed by atoms with E-state index in [9.17, 15) is 4.79 Å². The summed E-state index contributed by atoms with van der Waals surface area (Å²) in [6.45, 7) is 0.410. The van der Waals surface area contributed by atoms with E-state index in [0.717, 1.165) is 6.42 Å². The highest BCUT2D eigenvalue weighted by atomic mass is 16.5. The van der Waals surface area contributed by atoms with Crippen molar-refractivity contribution in [2.75, 3.05) is 26.1 Å². The van der Waals surface area contributed by atoms with Gasteiger partial charge < -0.3 is 19.9 Å². The first kappa shape index (κ1) is 14.5. The molecule has 2 unspecified atom stereocenters. The summed E-state index contributed by atoms with van der Waals surface area (Å²) < 4.78 is 15.5. The molecule has 1 aliphatic rings. The van der Waals surface area contributed by atoms with Crippen LogP contribution in [0, 0.1) is 0 Å². The van der Waals surface area contributed by atoms with Crippen molar-refractivity contribution >= 4 is 11.9 Å². The Kier molecular flexibility index (Phi) is 4.70. The average Bonchev–Trinajstić information content (AvgIpc) is 2.95. The van der Waals surface area contributed by atoms with Gasteiger partial charge in [0.1, 0.15) is 6.10 Å². The molecule has 0 bridgehead atoms. The van der Waals surface area contributed by atoms with Crippen LogP contribution in [0.5, 0.6) is 11.8 Å². The molecule has 3 N–H and O–H groups in total. The maximum absolute atomic E-state index is 12.0. The van der Waals surface area contributed by atoms with Crippen LogP contribution in [-0.2, 0) is 9.53 Å². The number of rotatable bonds is 5. The first-order valence-corrected chi connectivity index (χ1v) is 6.29. The number of hydrogen-bond donors (Lipinski definition) is 2. The topological polar surface area (TPSA) is 109 Å². The molecule has 2 atom stereocenters. The highest BCUT2D eigenvalue weighted by Gasteiger charge is 2.30. The number of nitrogens with two attached hydrogens (primary N) is 1. The minimum absolute atomic E-state index is 0.0634. The molecule has 2 rings (SSSR count). The Morgan fingerprint density at radius 2 is 2.05 bits per heavy atom. The molecule has 1 aliphatic heterocycles. The second-order valence-electron chi connectivity index (χ2n) is 4.33. The smallest absolute Gasteiger partial charge is 0.255 e. The molecule has 1 amide bonds. The van der Waals surface area contributed by atoms with Crippen molar-refractivity contribution in [3.8, 4) is 11.8 Å². The Labute approximate surface area is 116 Å². The fraction of sp³-hybridized carbons (Fsp3) is 0.583. The van der Waals surface area contributed by atoms with Crippen LogP contribution < -0.4 is 20.5 Å². The number of aromatic nitrogens is 2. The number of hydrogen-bond acceptors (Lipinski definition) is 7. The average molecular weight is 282 g/mol. The highest BCUT2D eigenvalue weighted by molar-refractivity contribution is 5.92. The van der Waals surface area contributed by atoms with Crippen LogP contribution in [0.25, 0.3) is 0 Å². The van der Waals surface area contributed by atoms with Gasteiger partial charge in [0.2, 0.25) is 17.7 Å². The number of carbonyl (C=O) groups excluding carboxylic acids is 1. The predicted molar refractivity (Wildman–Crippen MR) is 70.7 cm³/mol. The van der Waals surface area contributed by atoms with E-state index >= 15 is 0 Å². The summed E-state index contributed by atoms with van der Waals surface area (Å²) in [5, 5.41) is 2.59. The number of ether oxygens (including phenoxy) is 3. The molecule has 0 aromatic carbocycles. The van der Waals surface area contributed by atoms with E-state index in [4.69, 9.17) is 19.9 Å². The van der Waals surface area contributed by atoms with Crippen LogP contribution in [0.2, 0.25) is 0 Å². The Morgan fingerprint density at radius 3 is 2.55 bits per heavy atom. The second kappa shape index (κ2) is 6.49. The largest absolute Gasteiger partial charge is 0.481 e. The standard InChI is InChI=1S/C12H18N4O4/c1-18-9-5-10(19-2)15-12(14-9)16-11(17)8-4-3-7(6-13)20-8/h5,7-8H,3-4,6,13H2,1-2H3,(H,14,15,16,17). The van der Waals surface area contributed by atoms with Gasteiger partial charge in [-0.3, -0.25) is 10.1 Å². The third-order valence-electron chi connectivity index (χ3n) is 3.00. The van der Waals surface area contributed by atoms with Crippen molar-refractivity contribution in [2.45, 2.75) is 25.0 Å². The molecule has 0 saturated carbocycles. The zero-order valence-electron chi connectivity index (χ0n) is 11.5. The van der Waals surface area contributed by atoms with Crippen molar-refractivity contribution in [3.05, 3.63) is 6.07 Å². The lowest BCUT2D eigenvalue weighted by Gasteiger charge is -2.12. The predicted octanol–water partition coefficient (Wildman–Crippen LogP) is -0.0614. The van der Waals surface area contributed by atoms with Crippen LogP contribution in [-0.4, -0.2) is 48.8 Å². The quantitative estimate of drug-likeness (QED) is 0.778. The van der Waals surface area contributed by atoms with Gasteiger partial charge in [-0.15, -0.1) is 0 Å². The number of nitrogens with one attached hydrogen (secondary N) is 1. The molecule has 110 valence electrons. The van der Waals surface area contributed by atoms with Gasteiger partial charge >= 0.3 is 0 Å². The summed E-state index contributed by atoms with van der Waals surface area (Å²) >= 11 is 0. The highest BCUT2D eigenvalue weighted by Crippen LogP contribution is 2.21. The van der Waals surface area contributed by atoms with Crippen LogP contribution in [0.4, 0.5) is 5.95 Å². The van der Waals surface area contributed by atoms with Gasteiger partial charge in [-0.2, -0.15) is 9.97 Å². The lowest BCUT2D eigenvalue weighted by atomic mass is 10.2. The molecule has 2 heterocycles. The maximum atomic E-state index is 12.0. The zero-order valence-corrected chi connectivity index (χ0v) is 11.5. The SMILES string of the molecule is COc1cc(OC)nc(NC(=O)C2CCC(CN)O2)n1. The summed E-state index contributed by atoms with van der Waals surface area (Å²) in [5.41, 5.74) is 5.51. The first-order chi connectivity index (χ1) is 9.66. The van der Waals surface area contributed by atoms with E-state index in [2.05, 4.69) is 15.3 Å². The van der Waals surface area contributed by atoms with Gasteiger partial charge in [-0.1, -0.05) is 0 Å². The van der Waals surface area contributed by atoms with Crippen LogP contribution in [0.1, 0.15) is 12.8 Å². The number of amides is 1. The summed E-state index contributed by atoms with van der Waals surface area (Å²) in [6, 6.07) is 1.52. The molecule has 0 radical (unpaired) electrons. The van der Waals surface area contributed by atoms with E-state index < -0.39 is 6.10 Å². The van der Waals surface area contributed by atoms with Crippen LogP contribution >= 0.6 is 0 Å². The van der Waals surface area contributed by atoms with Crippen LogP contribution in [0.15, 0.2) is 6.07 Å². The van der Waals surface area contributed by atoms with Crippen LogP contribution in [0.3, 0.4) is 0 Å². The molecule has 8 nitrogen and oxygen atoms in total. The Bertz CT molecular complexity index is 460. The minimum Gasteiger partial charge on any atom is -0.481 e. The fourth-order valence-electron chi connectivity index (χ4n) is 1.93. The molecule has 1 saturated heterocycles. The van der Waals surface area contributed by atoms with Gasteiger partial charge in [0.05, 0.1) is 26.4 Å². The number of anilines is 1. The van der Waals surface area contributed by atoms with Gasteiger partial charge in [-0.25, -0.2) is 0 Å². The first-order valence-electron chi connectivity index (χ1n) is 6.29. The van der Waals surface area contributed by atoms with E-state index in [1.807, 2.05) is 0 Å². The minimum atomic E-state index is -0.524. The van der Waals surface area contributed by atoms with E-state index in [0.29, 0.717) is 24.7 Å². The van der Waals surface area contributed by atoms with Gasteiger partial charge in [0.25, 0.3) is 5.91 Å². The van der Waals surface area contributed by atoms with Crippen molar-refractivity contribution in [3.63, 3.8) is 0 Å². The molecule has 1 aromatic rings. The molecule has 1 aromatic heterocycles. The number of methoxy groups -OCH3 is 2. The second-order valence-corrected chi connectivity index (χ2v) is 4.33. The third-order valence-corrected chi connectivity index (χ3v) is 3.00. The monoisotopic (exact) mass is 282 g/mol. The van der Waals surface area contributed by atoms with E-state index in [1.165, 1.54) is 20.3 Å². The summed E-state index contributed by atoms with van der Waals surface area (Å²) in [6.07, 6.45) is 0.821. The van der Waals surface area contributed by atoms with Gasteiger partial charge in [0.15, 0.2) is 0 Å². The normalized spacial score (nSPS) is 21.6. The lowest BCUT2D eigenvalue weighted by Crippen LogP contribution is -2.30. The number of carbonyl (C=O) groups is 1. The third kappa shape index (κ3) is 3.34. The summed E-state index contributed by atoms with van der Waals surface area (Å²) in [7, 11) is 2.94. The van der Waals surface area contributed by atoms with Crippen molar-refractivity contribution < 1.29 is 19.0 Å². The molecule has 0 spiro atoms. The summed E-state index contributed by atoms with van der Waals surface area (Å²) in [5.74, 6) is 0.431. The fourth-order valence-corrected chi connectivity index (χ4v) is 1.93. The summed E-state index contributed by atoms with van der Waals surface area (Å²) in [4.78, 5) is 20.1. The molecule has 8 heteroatoms. The van der Waals surface area contributed by atoms with Crippen molar-refractivity contribution in [1.82, 2.24) is 9.97 Å². The molecule has 1 fully saturated rings. The Balaban J connectivity index is 2.04. The van der Waals surface area contributed by atoms with Crippen molar-refractivity contribution in [2.24, 2.45) is 5.73 Å². The van der Waals surface area contributed by atoms with E-state index in [1.54, 1.807) is 0 Å². The zero-order chi connectivity index (χ0) is 14.5.